The van der Waals surface area contributed by atoms with Crippen LogP contribution in [0.1, 0.15) is 13.3 Å². The summed E-state index contributed by atoms with van der Waals surface area (Å²) in [6.45, 7) is 4.86. The van der Waals surface area contributed by atoms with Crippen molar-refractivity contribution >= 4 is 16.1 Å². The van der Waals surface area contributed by atoms with Gasteiger partial charge in [0.1, 0.15) is 0 Å². The van der Waals surface area contributed by atoms with Crippen LogP contribution in [0, 0.1) is 5.92 Å². The zero-order valence-electron chi connectivity index (χ0n) is 8.42. The Kier molecular flexibility index (Phi) is 5.88. The van der Waals surface area contributed by atoms with Crippen molar-refractivity contribution in [3.05, 3.63) is 25.0 Å². The molecule has 5 nitrogen and oxygen atoms in total. The topological polar surface area (TPSA) is 80.7 Å². The van der Waals surface area contributed by atoms with E-state index in [1.807, 2.05) is 0 Å². The number of rotatable bonds is 6. The fourth-order valence-corrected chi connectivity index (χ4v) is 1.73. The Morgan fingerprint density at radius 2 is 2.20 bits per heavy atom. The maximum Gasteiger partial charge on any atom is 0.334 e. The van der Waals surface area contributed by atoms with E-state index in [-0.39, 0.29) is 11.7 Å². The van der Waals surface area contributed by atoms with Crippen LogP contribution in [-0.2, 0) is 19.6 Å². The maximum absolute atomic E-state index is 10.6. The van der Waals surface area contributed by atoms with E-state index in [2.05, 4.69) is 11.3 Å². The van der Waals surface area contributed by atoms with Crippen molar-refractivity contribution in [2.45, 2.75) is 13.3 Å². The van der Waals surface area contributed by atoms with Gasteiger partial charge in [0, 0.05) is 6.08 Å². The molecule has 0 spiro atoms. The lowest BCUT2D eigenvalue weighted by molar-refractivity contribution is -0.132. The highest BCUT2D eigenvalue weighted by atomic mass is 32.2. The summed E-state index contributed by atoms with van der Waals surface area (Å²) >= 11 is 0. The van der Waals surface area contributed by atoms with E-state index in [0.717, 1.165) is 6.08 Å². The molecule has 0 aliphatic heterocycles. The van der Waals surface area contributed by atoms with E-state index in [9.17, 15) is 13.2 Å². The van der Waals surface area contributed by atoms with E-state index < -0.39 is 16.1 Å². The number of hydrogen-bond donors (Lipinski definition) is 1. The van der Waals surface area contributed by atoms with Crippen LogP contribution < -0.4 is 0 Å². The Hall–Kier alpha value is -1.14. The SMILES string of the molecule is C=CC(=O)OC=CCC(C)CS(=O)(=O)O. The highest BCUT2D eigenvalue weighted by Gasteiger charge is 2.10. The molecule has 0 heterocycles. The van der Waals surface area contributed by atoms with Crippen molar-refractivity contribution in [3.63, 3.8) is 0 Å². The first-order chi connectivity index (χ1) is 6.85. The van der Waals surface area contributed by atoms with Gasteiger partial charge in [0.2, 0.25) is 0 Å². The molecule has 0 saturated heterocycles. The molecular weight excluding hydrogens is 220 g/mol. The number of esters is 1. The summed E-state index contributed by atoms with van der Waals surface area (Å²) in [6.07, 6.45) is 4.10. The highest BCUT2D eigenvalue weighted by Crippen LogP contribution is 2.05. The summed E-state index contributed by atoms with van der Waals surface area (Å²) in [4.78, 5) is 10.6. The van der Waals surface area contributed by atoms with Gasteiger partial charge in [-0.2, -0.15) is 8.42 Å². The molecule has 0 rings (SSSR count). The van der Waals surface area contributed by atoms with Crippen molar-refractivity contribution in [3.8, 4) is 0 Å². The predicted molar refractivity (Wildman–Crippen MR) is 55.6 cm³/mol. The van der Waals surface area contributed by atoms with Crippen LogP contribution in [0.2, 0.25) is 0 Å². The molecule has 6 heteroatoms. The largest absolute Gasteiger partial charge is 0.432 e. The van der Waals surface area contributed by atoms with Crippen LogP contribution in [0.25, 0.3) is 0 Å². The standard InChI is InChI=1S/C9H14O5S/c1-3-9(10)14-6-4-5-8(2)7-15(11,12)13/h3-4,6,8H,1,5,7H2,2H3,(H,11,12,13). The Labute approximate surface area is 89.2 Å². The summed E-state index contributed by atoms with van der Waals surface area (Å²) in [5.41, 5.74) is 0. The van der Waals surface area contributed by atoms with Gasteiger partial charge < -0.3 is 4.74 Å². The zero-order chi connectivity index (χ0) is 11.9. The Bertz CT molecular complexity index is 342. The van der Waals surface area contributed by atoms with Crippen molar-refractivity contribution in [1.29, 1.82) is 0 Å². The summed E-state index contributed by atoms with van der Waals surface area (Å²) < 4.78 is 34.0. The zero-order valence-corrected chi connectivity index (χ0v) is 9.24. The lowest BCUT2D eigenvalue weighted by Gasteiger charge is -2.04. The normalized spacial score (nSPS) is 13.7. The van der Waals surface area contributed by atoms with Crippen LogP contribution in [0.3, 0.4) is 0 Å². The molecule has 0 aliphatic rings. The minimum Gasteiger partial charge on any atom is -0.432 e. The van der Waals surface area contributed by atoms with Gasteiger partial charge in [0.05, 0.1) is 12.0 Å². The minimum absolute atomic E-state index is 0.237. The van der Waals surface area contributed by atoms with E-state index in [1.165, 1.54) is 12.3 Å². The first-order valence-corrected chi connectivity index (χ1v) is 5.89. The van der Waals surface area contributed by atoms with Gasteiger partial charge in [-0.1, -0.05) is 13.5 Å². The summed E-state index contributed by atoms with van der Waals surface area (Å²) in [5, 5.41) is 0. The molecule has 1 atom stereocenters. The van der Waals surface area contributed by atoms with Gasteiger partial charge in [-0.25, -0.2) is 4.79 Å². The number of carbonyl (C=O) groups is 1. The van der Waals surface area contributed by atoms with Gasteiger partial charge >= 0.3 is 5.97 Å². The monoisotopic (exact) mass is 234 g/mol. The van der Waals surface area contributed by atoms with Gasteiger partial charge in [-0.05, 0) is 18.4 Å². The van der Waals surface area contributed by atoms with Crippen LogP contribution in [0.4, 0.5) is 0 Å². The molecule has 0 saturated carbocycles. The molecule has 86 valence electrons. The third-order valence-corrected chi connectivity index (χ3v) is 2.47. The number of allylic oxidation sites excluding steroid dienone is 1. The van der Waals surface area contributed by atoms with E-state index in [4.69, 9.17) is 4.55 Å². The number of carbonyl (C=O) groups excluding carboxylic acids is 1. The van der Waals surface area contributed by atoms with E-state index in [0.29, 0.717) is 6.42 Å². The van der Waals surface area contributed by atoms with Crippen molar-refractivity contribution < 1.29 is 22.5 Å². The van der Waals surface area contributed by atoms with E-state index in [1.54, 1.807) is 6.92 Å². The number of hydrogen-bond acceptors (Lipinski definition) is 4. The fourth-order valence-electron chi connectivity index (χ4n) is 0.879. The first-order valence-electron chi connectivity index (χ1n) is 4.28. The molecule has 0 aliphatic carbocycles. The molecule has 1 N–H and O–H groups in total. The summed E-state index contributed by atoms with van der Waals surface area (Å²) in [7, 11) is -3.94. The molecule has 1 unspecified atom stereocenters. The highest BCUT2D eigenvalue weighted by molar-refractivity contribution is 7.85. The van der Waals surface area contributed by atoms with E-state index >= 15 is 0 Å². The second kappa shape index (κ2) is 6.36. The molecule has 0 radical (unpaired) electrons. The van der Waals surface area contributed by atoms with Crippen LogP contribution in [-0.4, -0.2) is 24.7 Å². The molecule has 0 bridgehead atoms. The Morgan fingerprint density at radius 3 is 2.67 bits per heavy atom. The van der Waals surface area contributed by atoms with Crippen LogP contribution >= 0.6 is 0 Å². The molecule has 0 fully saturated rings. The minimum atomic E-state index is -3.94. The predicted octanol–water partition coefficient (Wildman–Crippen LogP) is 1.14. The third-order valence-electron chi connectivity index (χ3n) is 1.48. The van der Waals surface area contributed by atoms with Gasteiger partial charge in [-0.15, -0.1) is 0 Å². The molecule has 0 aromatic rings. The van der Waals surface area contributed by atoms with Gasteiger partial charge in [0.25, 0.3) is 10.1 Å². The van der Waals surface area contributed by atoms with Crippen LogP contribution in [0.15, 0.2) is 25.0 Å². The Morgan fingerprint density at radius 1 is 1.60 bits per heavy atom. The fraction of sp³-hybridized carbons (Fsp3) is 0.444. The van der Waals surface area contributed by atoms with Crippen molar-refractivity contribution in [2.75, 3.05) is 5.75 Å². The second-order valence-electron chi connectivity index (χ2n) is 3.10. The first kappa shape index (κ1) is 13.9. The maximum atomic E-state index is 10.6. The quantitative estimate of drug-likeness (QED) is 0.322. The van der Waals surface area contributed by atoms with Gasteiger partial charge in [0.15, 0.2) is 0 Å². The van der Waals surface area contributed by atoms with Crippen molar-refractivity contribution in [2.24, 2.45) is 5.92 Å². The summed E-state index contributed by atoms with van der Waals surface area (Å²) in [5.74, 6) is -1.13. The molecule has 15 heavy (non-hydrogen) atoms. The van der Waals surface area contributed by atoms with Crippen molar-refractivity contribution in [1.82, 2.24) is 0 Å². The smallest absolute Gasteiger partial charge is 0.334 e. The third kappa shape index (κ3) is 9.17. The number of ether oxygens (including phenoxy) is 1. The van der Waals surface area contributed by atoms with Crippen LogP contribution in [0.5, 0.6) is 0 Å². The van der Waals surface area contributed by atoms with Gasteiger partial charge in [-0.3, -0.25) is 4.55 Å². The molecule has 0 aromatic heterocycles. The second-order valence-corrected chi connectivity index (χ2v) is 4.60. The molecule has 0 aromatic carbocycles. The lowest BCUT2D eigenvalue weighted by Crippen LogP contribution is -2.11. The Balaban J connectivity index is 3.85. The molecule has 0 amide bonds. The average molecular weight is 234 g/mol. The average Bonchev–Trinajstić information content (AvgIpc) is 2.09. The molecular formula is C9H14O5S. The lowest BCUT2D eigenvalue weighted by atomic mass is 10.1. The summed E-state index contributed by atoms with van der Waals surface area (Å²) in [6, 6.07) is 0.